The van der Waals surface area contributed by atoms with Gasteiger partial charge in [0.15, 0.2) is 11.4 Å². The topological polar surface area (TPSA) is 56.7 Å². The van der Waals surface area contributed by atoms with Crippen molar-refractivity contribution in [3.05, 3.63) is 194 Å². The SMILES string of the molecule is c1ccc(-c2cc(-c3ccc(-c4cccc(-c5nc6ccccc6c6c5oc5c6c6ccccc6n5-c5ccccc5)c4)cc3)nc(-c3ccccc3)n2)cc1. The molecule has 0 saturated carbocycles. The summed E-state index contributed by atoms with van der Waals surface area (Å²) in [5, 5.41) is 4.40. The number of benzene rings is 7. The Balaban J connectivity index is 1.04. The first-order valence-electron chi connectivity index (χ1n) is 18.8. The third-order valence-corrected chi connectivity index (χ3v) is 10.6. The molecule has 0 N–H and O–H groups in total. The van der Waals surface area contributed by atoms with Crippen LogP contribution >= 0.6 is 0 Å². The van der Waals surface area contributed by atoms with Gasteiger partial charge in [-0.2, -0.15) is 0 Å². The van der Waals surface area contributed by atoms with Crippen LogP contribution in [-0.2, 0) is 0 Å². The molecule has 0 radical (unpaired) electrons. The first kappa shape index (κ1) is 31.9. The fourth-order valence-electron chi connectivity index (χ4n) is 7.97. The van der Waals surface area contributed by atoms with Crippen molar-refractivity contribution >= 4 is 43.9 Å². The highest BCUT2D eigenvalue weighted by Crippen LogP contribution is 2.45. The molecule has 262 valence electrons. The van der Waals surface area contributed by atoms with Crippen LogP contribution in [0.1, 0.15) is 0 Å². The van der Waals surface area contributed by atoms with Crippen molar-refractivity contribution in [2.24, 2.45) is 0 Å². The first-order valence-corrected chi connectivity index (χ1v) is 18.8. The van der Waals surface area contributed by atoms with Crippen molar-refractivity contribution in [1.29, 1.82) is 0 Å². The Hall–Kier alpha value is -7.63. The molecule has 7 aromatic carbocycles. The van der Waals surface area contributed by atoms with Crippen molar-refractivity contribution in [2.75, 3.05) is 0 Å². The quantitative estimate of drug-likeness (QED) is 0.172. The Labute approximate surface area is 322 Å². The summed E-state index contributed by atoms with van der Waals surface area (Å²) in [6, 6.07) is 67.1. The molecule has 0 spiro atoms. The van der Waals surface area contributed by atoms with E-state index in [0.29, 0.717) is 5.82 Å². The molecule has 5 heteroatoms. The van der Waals surface area contributed by atoms with Gasteiger partial charge in [-0.05, 0) is 47.5 Å². The van der Waals surface area contributed by atoms with Gasteiger partial charge in [-0.25, -0.2) is 15.0 Å². The summed E-state index contributed by atoms with van der Waals surface area (Å²) in [5.74, 6) is 0.701. The van der Waals surface area contributed by atoms with E-state index >= 15 is 0 Å². The molecule has 0 unspecified atom stereocenters. The summed E-state index contributed by atoms with van der Waals surface area (Å²) in [6.45, 7) is 0. The van der Waals surface area contributed by atoms with E-state index in [1.54, 1.807) is 0 Å². The summed E-state index contributed by atoms with van der Waals surface area (Å²) in [7, 11) is 0. The van der Waals surface area contributed by atoms with Crippen molar-refractivity contribution in [3.63, 3.8) is 0 Å². The summed E-state index contributed by atoms with van der Waals surface area (Å²) in [6.07, 6.45) is 0. The number of para-hydroxylation sites is 3. The molecular formula is C51H32N4O. The summed E-state index contributed by atoms with van der Waals surface area (Å²) in [4.78, 5) is 15.3. The maximum absolute atomic E-state index is 7.00. The predicted molar refractivity (Wildman–Crippen MR) is 229 cm³/mol. The van der Waals surface area contributed by atoms with Crippen LogP contribution in [0.5, 0.6) is 0 Å². The van der Waals surface area contributed by atoms with E-state index in [0.717, 1.165) is 100 Å². The molecule has 0 saturated heterocycles. The lowest BCUT2D eigenvalue weighted by Gasteiger charge is -2.11. The number of nitrogens with zero attached hydrogens (tertiary/aromatic N) is 4. The van der Waals surface area contributed by atoms with Crippen molar-refractivity contribution in [1.82, 2.24) is 19.5 Å². The van der Waals surface area contributed by atoms with Crippen LogP contribution in [0.15, 0.2) is 199 Å². The number of rotatable bonds is 6. The maximum atomic E-state index is 7.00. The minimum atomic E-state index is 0.701. The summed E-state index contributed by atoms with van der Waals surface area (Å²) < 4.78 is 9.23. The standard InChI is InChI=1S/C51H32N4O/c1-4-15-34(16-5-1)43-32-44(54-50(53-43)36-17-6-2-7-18-36)35-29-27-33(28-30-35)37-19-14-20-38(31-37)48-49-46(40-23-10-12-25-42(40)52-48)47-41-24-11-13-26-45(41)55(51(47)56-49)39-21-8-3-9-22-39/h1-32H. The normalized spacial score (nSPS) is 11.6. The minimum absolute atomic E-state index is 0.701. The predicted octanol–water partition coefficient (Wildman–Crippen LogP) is 13.2. The van der Waals surface area contributed by atoms with Gasteiger partial charge in [-0.15, -0.1) is 0 Å². The van der Waals surface area contributed by atoms with Gasteiger partial charge in [-0.1, -0.05) is 158 Å². The molecule has 0 aliphatic rings. The highest BCUT2D eigenvalue weighted by molar-refractivity contribution is 6.28. The monoisotopic (exact) mass is 716 g/mol. The van der Waals surface area contributed by atoms with Crippen LogP contribution in [0, 0.1) is 0 Å². The zero-order valence-corrected chi connectivity index (χ0v) is 30.2. The number of furan rings is 1. The largest absolute Gasteiger partial charge is 0.437 e. The van der Waals surface area contributed by atoms with Crippen molar-refractivity contribution in [3.8, 4) is 62.0 Å². The lowest BCUT2D eigenvalue weighted by atomic mass is 9.98. The fourth-order valence-corrected chi connectivity index (χ4v) is 7.97. The van der Waals surface area contributed by atoms with Gasteiger partial charge in [0.25, 0.3) is 0 Å². The molecule has 4 heterocycles. The van der Waals surface area contributed by atoms with Gasteiger partial charge in [0.05, 0.1) is 27.8 Å². The molecule has 0 aliphatic carbocycles. The fraction of sp³-hybridized carbons (Fsp3) is 0. The molecule has 5 nitrogen and oxygen atoms in total. The van der Waals surface area contributed by atoms with Gasteiger partial charge < -0.3 is 4.42 Å². The average Bonchev–Trinajstić information content (AvgIpc) is 3.82. The van der Waals surface area contributed by atoms with Gasteiger partial charge in [0.1, 0.15) is 5.69 Å². The highest BCUT2D eigenvalue weighted by atomic mass is 16.3. The lowest BCUT2D eigenvalue weighted by molar-refractivity contribution is 0.645. The van der Waals surface area contributed by atoms with E-state index < -0.39 is 0 Å². The Bertz CT molecular complexity index is 3160. The van der Waals surface area contributed by atoms with Gasteiger partial charge in [0, 0.05) is 44.1 Å². The van der Waals surface area contributed by atoms with E-state index in [4.69, 9.17) is 19.4 Å². The number of aromatic nitrogens is 4. The van der Waals surface area contributed by atoms with Crippen molar-refractivity contribution in [2.45, 2.75) is 0 Å². The first-order chi connectivity index (χ1) is 27.8. The van der Waals surface area contributed by atoms with E-state index in [1.165, 1.54) is 0 Å². The van der Waals surface area contributed by atoms with Gasteiger partial charge >= 0.3 is 0 Å². The minimum Gasteiger partial charge on any atom is -0.437 e. The molecule has 0 bridgehead atoms. The van der Waals surface area contributed by atoms with E-state index in [9.17, 15) is 0 Å². The lowest BCUT2D eigenvalue weighted by Crippen LogP contribution is -1.95. The van der Waals surface area contributed by atoms with E-state index in [-0.39, 0.29) is 0 Å². The Kier molecular flexibility index (Phi) is 7.42. The van der Waals surface area contributed by atoms with Crippen LogP contribution in [0.4, 0.5) is 0 Å². The molecule has 11 rings (SSSR count). The van der Waals surface area contributed by atoms with Crippen LogP contribution < -0.4 is 0 Å². The third-order valence-electron chi connectivity index (χ3n) is 10.6. The molecule has 56 heavy (non-hydrogen) atoms. The number of fused-ring (bicyclic) bond motifs is 7. The maximum Gasteiger partial charge on any atom is 0.213 e. The van der Waals surface area contributed by atoms with Gasteiger partial charge in [-0.3, -0.25) is 4.57 Å². The molecule has 0 amide bonds. The third kappa shape index (κ3) is 5.29. The van der Waals surface area contributed by atoms with Crippen LogP contribution in [0.3, 0.4) is 0 Å². The second kappa shape index (κ2) is 13.0. The number of hydrogen-bond acceptors (Lipinski definition) is 4. The highest BCUT2D eigenvalue weighted by Gasteiger charge is 2.24. The summed E-state index contributed by atoms with van der Waals surface area (Å²) >= 11 is 0. The van der Waals surface area contributed by atoms with E-state index in [2.05, 4.69) is 156 Å². The zero-order valence-electron chi connectivity index (χ0n) is 30.2. The molecule has 0 aliphatic heterocycles. The van der Waals surface area contributed by atoms with Crippen molar-refractivity contribution < 1.29 is 4.42 Å². The van der Waals surface area contributed by atoms with Crippen LogP contribution in [-0.4, -0.2) is 19.5 Å². The average molecular weight is 717 g/mol. The molecule has 0 atom stereocenters. The smallest absolute Gasteiger partial charge is 0.213 e. The second-order valence-electron chi connectivity index (χ2n) is 14.0. The Morgan fingerprint density at radius 1 is 0.393 bits per heavy atom. The second-order valence-corrected chi connectivity index (χ2v) is 14.0. The summed E-state index contributed by atoms with van der Waals surface area (Å²) in [5.41, 5.74) is 13.5. The molecule has 11 aromatic rings. The zero-order chi connectivity index (χ0) is 37.0. The molecule has 0 fully saturated rings. The van der Waals surface area contributed by atoms with E-state index in [1.807, 2.05) is 42.5 Å². The van der Waals surface area contributed by atoms with Crippen LogP contribution in [0.25, 0.3) is 106 Å². The van der Waals surface area contributed by atoms with Gasteiger partial charge in [0.2, 0.25) is 5.71 Å². The van der Waals surface area contributed by atoms with Crippen LogP contribution in [0.2, 0.25) is 0 Å². The Morgan fingerprint density at radius 3 is 1.71 bits per heavy atom. The number of hydrogen-bond donors (Lipinski definition) is 0. The number of pyridine rings is 1. The molecule has 4 aromatic heterocycles. The molecular weight excluding hydrogens is 685 g/mol. The Morgan fingerprint density at radius 2 is 0.964 bits per heavy atom.